The van der Waals surface area contributed by atoms with Gasteiger partial charge in [-0.3, -0.25) is 19.7 Å². The van der Waals surface area contributed by atoms with E-state index < -0.39 is 36.6 Å². The minimum atomic E-state index is -4.41. The highest BCUT2D eigenvalue weighted by Gasteiger charge is 2.47. The Labute approximate surface area is 310 Å². The van der Waals surface area contributed by atoms with Gasteiger partial charge in [0.2, 0.25) is 17.0 Å². The van der Waals surface area contributed by atoms with Crippen LogP contribution >= 0.6 is 22.9 Å². The number of benzene rings is 2. The summed E-state index contributed by atoms with van der Waals surface area (Å²) < 4.78 is 43.8. The van der Waals surface area contributed by atoms with Gasteiger partial charge >= 0.3 is 24.0 Å². The number of aromatic nitrogens is 5. The predicted octanol–water partition coefficient (Wildman–Crippen LogP) is 5.56. The Balaban J connectivity index is 0.986. The van der Waals surface area contributed by atoms with Crippen LogP contribution in [0.1, 0.15) is 53.0 Å². The summed E-state index contributed by atoms with van der Waals surface area (Å²) in [6.45, 7) is 2.81. The summed E-state index contributed by atoms with van der Waals surface area (Å²) in [4.78, 5) is 55.1. The van der Waals surface area contributed by atoms with Crippen LogP contribution < -0.4 is 20.7 Å². The Bertz CT molecular complexity index is 2010. The van der Waals surface area contributed by atoms with E-state index in [4.69, 9.17) is 16.3 Å². The zero-order valence-electron chi connectivity index (χ0n) is 28.4. The molecule has 1 saturated carbocycles. The van der Waals surface area contributed by atoms with Crippen LogP contribution in [0, 0.1) is 12.3 Å². The van der Waals surface area contributed by atoms with Crippen LogP contribution in [0.2, 0.25) is 5.02 Å². The highest BCUT2D eigenvalue weighted by molar-refractivity contribution is 7.15. The number of hydrogen-bond acceptors (Lipinski definition) is 12. The number of amides is 3. The molecule has 53 heavy (non-hydrogen) atoms. The third-order valence-corrected chi connectivity index (χ3v) is 10.5. The fourth-order valence-electron chi connectivity index (χ4n) is 6.58. The second-order valence-electron chi connectivity index (χ2n) is 13.4. The maximum absolute atomic E-state index is 13.5. The second kappa shape index (κ2) is 14.4. The fraction of sp³-hybridized carbons (Fsp3) is 0.412. The summed E-state index contributed by atoms with van der Waals surface area (Å²) in [5, 5.41) is 18.0. The highest BCUT2D eigenvalue weighted by Crippen LogP contribution is 2.48. The summed E-state index contributed by atoms with van der Waals surface area (Å²) in [6.07, 6.45) is -2.67. The van der Waals surface area contributed by atoms with Crippen molar-refractivity contribution in [3.05, 3.63) is 69.7 Å². The van der Waals surface area contributed by atoms with Crippen molar-refractivity contribution in [3.8, 4) is 6.01 Å². The van der Waals surface area contributed by atoms with Gasteiger partial charge in [-0.2, -0.15) is 28.1 Å². The Morgan fingerprint density at radius 1 is 0.906 bits per heavy atom. The molecule has 3 N–H and O–H groups in total. The van der Waals surface area contributed by atoms with Crippen LogP contribution in [0.15, 0.2) is 48.5 Å². The maximum atomic E-state index is 13.5. The zero-order valence-corrected chi connectivity index (χ0v) is 29.9. The molecule has 14 nitrogen and oxygen atoms in total. The molecule has 19 heteroatoms. The number of carbonyl (C=O) groups is 3. The molecular formula is C34H34ClF3N10O4S. The molecule has 2 aliphatic heterocycles. The van der Waals surface area contributed by atoms with Crippen molar-refractivity contribution in [2.75, 3.05) is 48.7 Å². The zero-order chi connectivity index (χ0) is 37.4. The molecule has 4 aromatic rings. The number of nitrogens with one attached hydrogen (secondary N) is 3. The molecule has 1 aliphatic carbocycles. The molecule has 3 amide bonds. The number of likely N-dealkylation sites (tertiary alicyclic amines) is 2. The molecule has 2 saturated heterocycles. The van der Waals surface area contributed by atoms with Gasteiger partial charge in [0.05, 0.1) is 12.0 Å². The Hall–Kier alpha value is -5.10. The Morgan fingerprint density at radius 3 is 2.25 bits per heavy atom. The van der Waals surface area contributed by atoms with Gasteiger partial charge in [0.1, 0.15) is 11.6 Å². The predicted molar refractivity (Wildman–Crippen MR) is 189 cm³/mol. The van der Waals surface area contributed by atoms with Gasteiger partial charge in [0, 0.05) is 47.9 Å². The van der Waals surface area contributed by atoms with E-state index in [1.807, 2.05) is 12.1 Å². The summed E-state index contributed by atoms with van der Waals surface area (Å²) in [6, 6.07) is 13.7. The number of halogens is 4. The van der Waals surface area contributed by atoms with Crippen LogP contribution in [0.5, 0.6) is 6.01 Å². The lowest BCUT2D eigenvalue weighted by Gasteiger charge is -2.24. The lowest BCUT2D eigenvalue weighted by Crippen LogP contribution is -2.40. The van der Waals surface area contributed by atoms with Crippen LogP contribution in [0.3, 0.4) is 0 Å². The first kappa shape index (κ1) is 36.3. The topological polar surface area (TPSA) is 167 Å². The highest BCUT2D eigenvalue weighted by atomic mass is 35.5. The van der Waals surface area contributed by atoms with Gasteiger partial charge in [0.25, 0.3) is 5.91 Å². The van der Waals surface area contributed by atoms with Crippen LogP contribution in [-0.2, 0) is 15.1 Å². The van der Waals surface area contributed by atoms with Crippen molar-refractivity contribution in [1.82, 2.24) is 34.9 Å². The molecule has 0 radical (unpaired) electrons. The third kappa shape index (κ3) is 8.59. The molecule has 3 aliphatic rings. The number of hydrogen-bond donors (Lipinski definition) is 3. The summed E-state index contributed by atoms with van der Waals surface area (Å²) >= 11 is 7.25. The summed E-state index contributed by atoms with van der Waals surface area (Å²) in [7, 11) is 0. The number of nitrogens with zero attached hydrogens (tertiary/aromatic N) is 7. The number of alkyl halides is 3. The number of aryl methyl sites for hydroxylation is 1. The van der Waals surface area contributed by atoms with Gasteiger partial charge < -0.3 is 25.2 Å². The average molecular weight is 771 g/mol. The lowest BCUT2D eigenvalue weighted by atomic mass is 9.86. The van der Waals surface area contributed by atoms with Crippen molar-refractivity contribution in [3.63, 3.8) is 0 Å². The standard InChI is InChI=1S/C34H34ClF3N10O4S/c1-20-45-46-31(53-20)40-25(49)27(51)48-16-13-32(19-48)12-15-47(18-32)26(50)21-2-8-24(9-3-21)39-28-41-29(43-30(42-28)52-17-14-34(36,37)38)44-33(10-11-33)22-4-6-23(35)7-5-22/h2-9H,10-19H2,1H3,(H,40,46,49)(H2,39,41,42,43,44). The van der Waals surface area contributed by atoms with Crippen LogP contribution in [-0.4, -0.2) is 91.6 Å². The van der Waals surface area contributed by atoms with E-state index >= 15 is 0 Å². The molecule has 2 aromatic carbocycles. The number of rotatable bonds is 10. The first-order valence-electron chi connectivity index (χ1n) is 16.8. The molecule has 1 spiro atoms. The van der Waals surface area contributed by atoms with Crippen LogP contribution in [0.4, 0.5) is 35.9 Å². The summed E-state index contributed by atoms with van der Waals surface area (Å²) in [5.74, 6) is -1.43. The molecule has 2 aromatic heterocycles. The first-order chi connectivity index (χ1) is 25.3. The van der Waals surface area contributed by atoms with Gasteiger partial charge in [-0.05, 0) is 74.6 Å². The molecule has 0 bridgehead atoms. The lowest BCUT2D eigenvalue weighted by molar-refractivity contribution is -0.142. The van der Waals surface area contributed by atoms with E-state index in [1.165, 1.54) is 16.2 Å². The van der Waals surface area contributed by atoms with E-state index in [1.54, 1.807) is 48.2 Å². The fourth-order valence-corrected chi connectivity index (χ4v) is 7.30. The van der Waals surface area contributed by atoms with Gasteiger partial charge in [-0.15, -0.1) is 10.2 Å². The normalized spacial score (nSPS) is 19.0. The molecule has 3 fully saturated rings. The van der Waals surface area contributed by atoms with E-state index in [-0.39, 0.29) is 34.4 Å². The molecule has 4 heterocycles. The molecule has 278 valence electrons. The molecule has 1 unspecified atom stereocenters. The maximum Gasteiger partial charge on any atom is 0.392 e. The van der Waals surface area contributed by atoms with Crippen LogP contribution in [0.25, 0.3) is 0 Å². The summed E-state index contributed by atoms with van der Waals surface area (Å²) in [5.41, 5.74) is 1.15. The first-order valence-corrected chi connectivity index (χ1v) is 18.0. The van der Waals surface area contributed by atoms with E-state index in [2.05, 4.69) is 41.1 Å². The van der Waals surface area contributed by atoms with E-state index in [0.717, 1.165) is 18.4 Å². The van der Waals surface area contributed by atoms with Gasteiger partial charge in [-0.25, -0.2) is 0 Å². The van der Waals surface area contributed by atoms with Gasteiger partial charge in [-0.1, -0.05) is 35.1 Å². The Kier molecular flexibility index (Phi) is 9.84. The van der Waals surface area contributed by atoms with Crippen molar-refractivity contribution in [2.24, 2.45) is 5.41 Å². The smallest absolute Gasteiger partial charge is 0.392 e. The number of anilines is 4. The molecule has 7 rings (SSSR count). The SMILES string of the molecule is Cc1nnc(NC(=O)C(=O)N2CCC3(CCN(C(=O)c4ccc(Nc5nc(NC6(c7ccc(Cl)cc7)CC6)nc(OCCC(F)(F)F)n5)cc4)C3)C2)s1. The number of ether oxygens (including phenoxy) is 1. The van der Waals surface area contributed by atoms with E-state index in [0.29, 0.717) is 60.3 Å². The van der Waals surface area contributed by atoms with Crippen molar-refractivity contribution in [1.29, 1.82) is 0 Å². The molecular weight excluding hydrogens is 737 g/mol. The van der Waals surface area contributed by atoms with Crippen molar-refractivity contribution >= 4 is 63.4 Å². The second-order valence-corrected chi connectivity index (χ2v) is 15.0. The largest absolute Gasteiger partial charge is 0.463 e. The van der Waals surface area contributed by atoms with Crippen molar-refractivity contribution < 1.29 is 32.3 Å². The third-order valence-electron chi connectivity index (χ3n) is 9.51. The van der Waals surface area contributed by atoms with E-state index in [9.17, 15) is 27.6 Å². The number of carbonyl (C=O) groups excluding carboxylic acids is 3. The average Bonchev–Trinajstić information content (AvgIpc) is 3.39. The van der Waals surface area contributed by atoms with Crippen molar-refractivity contribution in [2.45, 2.75) is 50.7 Å². The minimum absolute atomic E-state index is 0.0319. The molecule has 1 atom stereocenters. The monoisotopic (exact) mass is 770 g/mol. The Morgan fingerprint density at radius 2 is 1.58 bits per heavy atom. The minimum Gasteiger partial charge on any atom is -0.463 e. The van der Waals surface area contributed by atoms with Gasteiger partial charge in [0.15, 0.2) is 0 Å². The quantitative estimate of drug-likeness (QED) is 0.173.